The monoisotopic (exact) mass is 407 g/mol. The number of hydrogen-bond donors (Lipinski definition) is 1. The number of amides is 1. The van der Waals surface area contributed by atoms with Crippen LogP contribution in [0.25, 0.3) is 6.08 Å². The van der Waals surface area contributed by atoms with Crippen LogP contribution >= 0.6 is 11.6 Å². The second kappa shape index (κ2) is 9.17. The van der Waals surface area contributed by atoms with Crippen molar-refractivity contribution in [2.75, 3.05) is 33.3 Å². The second-order valence-electron chi connectivity index (χ2n) is 6.69. The molecule has 0 aromatic heterocycles. The zero-order chi connectivity index (χ0) is 20.1. The molecule has 1 amide bonds. The highest BCUT2D eigenvalue weighted by Gasteiger charge is 2.23. The Labute approximate surface area is 168 Å². The van der Waals surface area contributed by atoms with Crippen LogP contribution in [-0.4, -0.2) is 44.1 Å². The molecule has 0 saturated carbocycles. The van der Waals surface area contributed by atoms with Crippen LogP contribution in [0.15, 0.2) is 42.5 Å². The first kappa shape index (κ1) is 20.3. The van der Waals surface area contributed by atoms with E-state index in [4.69, 9.17) is 16.3 Å². The molecule has 2 aromatic rings. The number of hydrogen-bond acceptors (Lipinski definition) is 2. The van der Waals surface area contributed by atoms with Crippen LogP contribution in [0.4, 0.5) is 8.78 Å². The van der Waals surface area contributed by atoms with E-state index in [1.807, 2.05) is 6.07 Å². The Morgan fingerprint density at radius 1 is 1.21 bits per heavy atom. The first-order valence-electron chi connectivity index (χ1n) is 9.05. The topological polar surface area (TPSA) is 34.0 Å². The first-order valence-corrected chi connectivity index (χ1v) is 9.42. The van der Waals surface area contributed by atoms with E-state index in [0.29, 0.717) is 19.6 Å². The summed E-state index contributed by atoms with van der Waals surface area (Å²) in [6.45, 7) is 3.37. The smallest absolute Gasteiger partial charge is 0.246 e. The van der Waals surface area contributed by atoms with E-state index in [2.05, 4.69) is 0 Å². The molecule has 1 heterocycles. The van der Waals surface area contributed by atoms with E-state index in [-0.39, 0.29) is 28.1 Å². The summed E-state index contributed by atoms with van der Waals surface area (Å²) in [6.07, 6.45) is 2.77. The number of quaternary nitrogens is 1. The summed E-state index contributed by atoms with van der Waals surface area (Å²) in [4.78, 5) is 15.4. The summed E-state index contributed by atoms with van der Waals surface area (Å²) in [5.74, 6) is -0.771. The van der Waals surface area contributed by atoms with Gasteiger partial charge in [-0.15, -0.1) is 0 Å². The fraction of sp³-hybridized carbons (Fsp3) is 0.286. The Morgan fingerprint density at radius 2 is 1.96 bits per heavy atom. The lowest BCUT2D eigenvalue weighted by atomic mass is 10.1. The number of nitrogens with zero attached hydrogens (tertiary/aromatic N) is 1. The van der Waals surface area contributed by atoms with E-state index >= 15 is 0 Å². The molecule has 2 aromatic carbocycles. The molecule has 1 aliphatic heterocycles. The minimum absolute atomic E-state index is 0.172. The third-order valence-electron chi connectivity index (χ3n) is 4.84. The maximum Gasteiger partial charge on any atom is 0.246 e. The first-order chi connectivity index (χ1) is 13.5. The van der Waals surface area contributed by atoms with E-state index in [0.717, 1.165) is 18.7 Å². The lowest BCUT2D eigenvalue weighted by Crippen LogP contribution is -3.13. The Bertz CT molecular complexity index is 860. The average molecular weight is 408 g/mol. The Hall–Kier alpha value is -2.44. The second-order valence-corrected chi connectivity index (χ2v) is 7.10. The molecule has 0 spiro atoms. The minimum Gasteiger partial charge on any atom is -0.494 e. The quantitative estimate of drug-likeness (QED) is 0.773. The molecule has 0 aliphatic carbocycles. The van der Waals surface area contributed by atoms with Crippen LogP contribution < -0.4 is 9.64 Å². The van der Waals surface area contributed by atoms with Crippen molar-refractivity contribution in [3.63, 3.8) is 0 Å². The van der Waals surface area contributed by atoms with Gasteiger partial charge in [-0.05, 0) is 36.4 Å². The Balaban J connectivity index is 1.54. The number of carbonyl (C=O) groups is 1. The molecule has 148 valence electrons. The van der Waals surface area contributed by atoms with Crippen molar-refractivity contribution in [2.24, 2.45) is 0 Å². The van der Waals surface area contributed by atoms with Gasteiger partial charge in [0.15, 0.2) is 11.6 Å². The fourth-order valence-corrected chi connectivity index (χ4v) is 3.48. The van der Waals surface area contributed by atoms with Gasteiger partial charge in [0.1, 0.15) is 12.4 Å². The van der Waals surface area contributed by atoms with Crippen molar-refractivity contribution in [3.05, 3.63) is 70.3 Å². The molecule has 7 heteroatoms. The van der Waals surface area contributed by atoms with Crippen LogP contribution in [-0.2, 0) is 11.3 Å². The molecule has 4 nitrogen and oxygen atoms in total. The van der Waals surface area contributed by atoms with Crippen molar-refractivity contribution in [1.29, 1.82) is 0 Å². The molecule has 1 fully saturated rings. The fourth-order valence-electron chi connectivity index (χ4n) is 3.26. The molecule has 1 N–H and O–H groups in total. The third-order valence-corrected chi connectivity index (χ3v) is 5.17. The SMILES string of the molecule is COc1ccc(C[NH+]2CCN(C(=O)/C=C/c3c(F)cccc3Cl)CC2)cc1F. The molecule has 0 radical (unpaired) electrons. The maximum absolute atomic E-state index is 13.8. The summed E-state index contributed by atoms with van der Waals surface area (Å²) in [5, 5.41) is 0.269. The number of rotatable bonds is 5. The normalized spacial score (nSPS) is 15.2. The van der Waals surface area contributed by atoms with Gasteiger partial charge in [0.05, 0.1) is 38.3 Å². The number of benzene rings is 2. The number of methoxy groups -OCH3 is 1. The van der Waals surface area contributed by atoms with Gasteiger partial charge in [-0.3, -0.25) is 4.79 Å². The summed E-state index contributed by atoms with van der Waals surface area (Å²) in [5.41, 5.74) is 1.10. The molecular formula is C21H22ClF2N2O2+. The number of halogens is 3. The van der Waals surface area contributed by atoms with Crippen LogP contribution in [0, 0.1) is 11.6 Å². The lowest BCUT2D eigenvalue weighted by molar-refractivity contribution is -0.917. The summed E-state index contributed by atoms with van der Waals surface area (Å²) < 4.78 is 32.5. The van der Waals surface area contributed by atoms with Crippen molar-refractivity contribution in [3.8, 4) is 5.75 Å². The number of nitrogens with one attached hydrogen (secondary N) is 1. The largest absolute Gasteiger partial charge is 0.494 e. The van der Waals surface area contributed by atoms with Crippen LogP contribution in [0.2, 0.25) is 5.02 Å². The molecule has 0 unspecified atom stereocenters. The van der Waals surface area contributed by atoms with Gasteiger partial charge >= 0.3 is 0 Å². The van der Waals surface area contributed by atoms with E-state index < -0.39 is 5.82 Å². The van der Waals surface area contributed by atoms with Crippen molar-refractivity contribution in [1.82, 2.24) is 4.90 Å². The zero-order valence-corrected chi connectivity index (χ0v) is 16.3. The van der Waals surface area contributed by atoms with Crippen LogP contribution in [0.1, 0.15) is 11.1 Å². The van der Waals surface area contributed by atoms with Crippen LogP contribution in [0.5, 0.6) is 5.75 Å². The average Bonchev–Trinajstić information content (AvgIpc) is 2.68. The number of ether oxygens (including phenoxy) is 1. The number of piperazine rings is 1. The summed E-state index contributed by atoms with van der Waals surface area (Å²) >= 11 is 5.97. The third kappa shape index (κ3) is 4.88. The van der Waals surface area contributed by atoms with E-state index in [9.17, 15) is 13.6 Å². The molecule has 0 bridgehead atoms. The molecule has 3 rings (SSSR count). The van der Waals surface area contributed by atoms with Crippen molar-refractivity contribution < 1.29 is 23.2 Å². The predicted molar refractivity (Wildman–Crippen MR) is 104 cm³/mol. The number of carbonyl (C=O) groups excluding carboxylic acids is 1. The Morgan fingerprint density at radius 3 is 2.61 bits per heavy atom. The highest BCUT2D eigenvalue weighted by atomic mass is 35.5. The standard InChI is InChI=1S/C21H21ClF2N2O2/c1-28-20-7-5-15(13-19(20)24)14-25-9-11-26(12-10-25)21(27)8-6-16-17(22)3-2-4-18(16)23/h2-8,13H,9-12,14H2,1H3/p+1/b8-6+. The van der Waals surface area contributed by atoms with Crippen molar-refractivity contribution in [2.45, 2.75) is 6.54 Å². The highest BCUT2D eigenvalue weighted by Crippen LogP contribution is 2.20. The summed E-state index contributed by atoms with van der Waals surface area (Å²) in [6, 6.07) is 9.38. The predicted octanol–water partition coefficient (Wildman–Crippen LogP) is 2.57. The Kier molecular flexibility index (Phi) is 6.65. The van der Waals surface area contributed by atoms with E-state index in [1.165, 1.54) is 42.4 Å². The van der Waals surface area contributed by atoms with E-state index in [1.54, 1.807) is 17.0 Å². The van der Waals surface area contributed by atoms with Gasteiger partial charge in [0.2, 0.25) is 5.91 Å². The molecule has 1 saturated heterocycles. The summed E-state index contributed by atoms with van der Waals surface area (Å²) in [7, 11) is 1.44. The van der Waals surface area contributed by atoms with Gasteiger partial charge in [0.25, 0.3) is 0 Å². The zero-order valence-electron chi connectivity index (χ0n) is 15.6. The highest BCUT2D eigenvalue weighted by molar-refractivity contribution is 6.32. The van der Waals surface area contributed by atoms with Gasteiger partial charge in [0, 0.05) is 17.2 Å². The maximum atomic E-state index is 13.8. The van der Waals surface area contributed by atoms with Gasteiger partial charge in [-0.2, -0.15) is 0 Å². The van der Waals surface area contributed by atoms with Gasteiger partial charge in [-0.25, -0.2) is 8.78 Å². The lowest BCUT2D eigenvalue weighted by Gasteiger charge is -2.31. The van der Waals surface area contributed by atoms with Crippen molar-refractivity contribution >= 4 is 23.6 Å². The molecule has 0 atom stereocenters. The molecule has 28 heavy (non-hydrogen) atoms. The van der Waals surface area contributed by atoms with Gasteiger partial charge < -0.3 is 14.5 Å². The minimum atomic E-state index is -0.461. The molecular weight excluding hydrogens is 386 g/mol. The van der Waals surface area contributed by atoms with Crippen LogP contribution in [0.3, 0.4) is 0 Å². The molecule has 1 aliphatic rings. The van der Waals surface area contributed by atoms with Gasteiger partial charge in [-0.1, -0.05) is 17.7 Å².